The number of nitrogens with zero attached hydrogens (tertiary/aromatic N) is 4. The third-order valence-electron chi connectivity index (χ3n) is 12.3. The third-order valence-corrected chi connectivity index (χ3v) is 12.3. The van der Waals surface area contributed by atoms with Crippen molar-refractivity contribution in [1.29, 1.82) is 0 Å². The molecule has 5 nitrogen and oxygen atoms in total. The van der Waals surface area contributed by atoms with Gasteiger partial charge in [-0.05, 0) is 68.8 Å². The summed E-state index contributed by atoms with van der Waals surface area (Å²) >= 11 is 0. The van der Waals surface area contributed by atoms with Gasteiger partial charge in [-0.3, -0.25) is 4.57 Å². The number of rotatable bonds is 5. The largest absolute Gasteiger partial charge is 0.456 e. The molecule has 0 atom stereocenters. The summed E-state index contributed by atoms with van der Waals surface area (Å²) in [5.41, 5.74) is 15.1. The highest BCUT2D eigenvalue weighted by Crippen LogP contribution is 2.53. The molecule has 0 saturated heterocycles. The Bertz CT molecular complexity index is 3470. The first-order chi connectivity index (χ1) is 29.0. The van der Waals surface area contributed by atoms with Gasteiger partial charge in [0.25, 0.3) is 0 Å². The van der Waals surface area contributed by atoms with Crippen molar-refractivity contribution in [2.24, 2.45) is 0 Å². The van der Waals surface area contributed by atoms with Crippen LogP contribution in [0.25, 0.3) is 106 Å². The van der Waals surface area contributed by atoms with E-state index in [9.17, 15) is 0 Å². The first kappa shape index (κ1) is 33.5. The van der Waals surface area contributed by atoms with Crippen LogP contribution in [-0.2, 0) is 5.41 Å². The van der Waals surface area contributed by atoms with E-state index in [-0.39, 0.29) is 5.41 Å². The fraction of sp³-hybridized carbons (Fsp3) is 0.0556. The van der Waals surface area contributed by atoms with Crippen LogP contribution in [0.3, 0.4) is 0 Å². The van der Waals surface area contributed by atoms with Crippen molar-refractivity contribution >= 4 is 43.7 Å². The summed E-state index contributed by atoms with van der Waals surface area (Å²) in [6, 6.07) is 64.1. The summed E-state index contributed by atoms with van der Waals surface area (Å²) in [6.07, 6.45) is 0. The molecule has 1 aliphatic carbocycles. The van der Waals surface area contributed by atoms with Gasteiger partial charge in [0.2, 0.25) is 5.95 Å². The zero-order valence-corrected chi connectivity index (χ0v) is 32.5. The summed E-state index contributed by atoms with van der Waals surface area (Å²) in [5.74, 6) is 1.75. The molecule has 0 fully saturated rings. The number of aromatic nitrogens is 4. The first-order valence-corrected chi connectivity index (χ1v) is 20.1. The molecule has 278 valence electrons. The van der Waals surface area contributed by atoms with Crippen molar-refractivity contribution in [2.45, 2.75) is 19.3 Å². The minimum atomic E-state index is -0.259. The van der Waals surface area contributed by atoms with E-state index < -0.39 is 0 Å². The van der Waals surface area contributed by atoms with E-state index in [0.717, 1.165) is 60.6 Å². The standard InChI is InChI=1S/C54H36N4O/c1-54(2)44-22-9-6-18-38(44)40-30-31-41-39-19-7-10-23-45(39)58(50(41)49(40)54)53-56-51(55-52(57-53)43-21-13-25-47-48(43)42-20-8-11-24-46(42)59-47)35-28-26-34(27-29-35)37-17-12-16-36(32-37)33-14-4-3-5-15-33/h3-32H,1-2H3. The van der Waals surface area contributed by atoms with Crippen LogP contribution in [0.4, 0.5) is 0 Å². The average molecular weight is 757 g/mol. The van der Waals surface area contributed by atoms with Crippen LogP contribution in [0.5, 0.6) is 0 Å². The van der Waals surface area contributed by atoms with E-state index in [1.807, 2.05) is 30.3 Å². The van der Waals surface area contributed by atoms with Crippen LogP contribution >= 0.6 is 0 Å². The quantitative estimate of drug-likeness (QED) is 0.175. The monoisotopic (exact) mass is 756 g/mol. The van der Waals surface area contributed by atoms with Crippen molar-refractivity contribution in [1.82, 2.24) is 19.5 Å². The van der Waals surface area contributed by atoms with Gasteiger partial charge in [-0.2, -0.15) is 9.97 Å². The topological polar surface area (TPSA) is 56.7 Å². The number of hydrogen-bond acceptors (Lipinski definition) is 4. The Balaban J connectivity index is 1.11. The molecule has 0 N–H and O–H groups in total. The molecule has 0 amide bonds. The van der Waals surface area contributed by atoms with E-state index >= 15 is 0 Å². The molecule has 12 rings (SSSR count). The second-order valence-corrected chi connectivity index (χ2v) is 16.0. The first-order valence-electron chi connectivity index (χ1n) is 20.1. The Morgan fingerprint density at radius 1 is 0.441 bits per heavy atom. The molecule has 59 heavy (non-hydrogen) atoms. The average Bonchev–Trinajstić information content (AvgIpc) is 3.92. The Kier molecular flexibility index (Phi) is 7.20. The van der Waals surface area contributed by atoms with Gasteiger partial charge in [0.05, 0.1) is 11.0 Å². The Hall–Kier alpha value is -7.63. The van der Waals surface area contributed by atoms with E-state index in [2.05, 4.69) is 170 Å². The molecule has 0 radical (unpaired) electrons. The highest BCUT2D eigenvalue weighted by atomic mass is 16.3. The highest BCUT2D eigenvalue weighted by molar-refractivity contribution is 6.14. The molecule has 0 spiro atoms. The normalized spacial score (nSPS) is 13.1. The van der Waals surface area contributed by atoms with Gasteiger partial charge in [-0.1, -0.05) is 172 Å². The SMILES string of the molecule is CC1(C)c2ccccc2-c2ccc3c4ccccc4n(-c4nc(-c5ccc(-c6cccc(-c7ccccc7)c6)cc5)nc(-c5cccc6oc7ccccc7c56)n4)c3c21. The Labute approximate surface area is 340 Å². The molecule has 0 aliphatic heterocycles. The molecule has 11 aromatic rings. The number of para-hydroxylation sites is 2. The van der Waals surface area contributed by atoms with Crippen LogP contribution in [0.2, 0.25) is 0 Å². The maximum absolute atomic E-state index is 6.37. The van der Waals surface area contributed by atoms with Crippen molar-refractivity contribution in [3.8, 4) is 62.1 Å². The summed E-state index contributed by atoms with van der Waals surface area (Å²) in [6.45, 7) is 4.68. The van der Waals surface area contributed by atoms with Gasteiger partial charge >= 0.3 is 0 Å². The van der Waals surface area contributed by atoms with Crippen molar-refractivity contribution in [3.05, 3.63) is 193 Å². The lowest BCUT2D eigenvalue weighted by atomic mass is 9.81. The molecular formula is C54H36N4O. The van der Waals surface area contributed by atoms with Gasteiger partial charge < -0.3 is 4.42 Å². The van der Waals surface area contributed by atoms with Crippen LogP contribution in [-0.4, -0.2) is 19.5 Å². The van der Waals surface area contributed by atoms with Crippen LogP contribution in [0, 0.1) is 0 Å². The van der Waals surface area contributed by atoms with Gasteiger partial charge in [-0.25, -0.2) is 4.98 Å². The maximum atomic E-state index is 6.37. The smallest absolute Gasteiger partial charge is 0.238 e. The van der Waals surface area contributed by atoms with Gasteiger partial charge in [-0.15, -0.1) is 0 Å². The minimum Gasteiger partial charge on any atom is -0.456 e. The Morgan fingerprint density at radius 3 is 1.92 bits per heavy atom. The number of furan rings is 1. The molecule has 3 heterocycles. The molecule has 5 heteroatoms. The molecule has 0 unspecified atom stereocenters. The van der Waals surface area contributed by atoms with Gasteiger partial charge in [0.15, 0.2) is 11.6 Å². The van der Waals surface area contributed by atoms with E-state index in [4.69, 9.17) is 19.4 Å². The second-order valence-electron chi connectivity index (χ2n) is 16.0. The number of hydrogen-bond donors (Lipinski definition) is 0. The fourth-order valence-corrected chi connectivity index (χ4v) is 9.52. The number of benzene rings is 8. The van der Waals surface area contributed by atoms with Crippen molar-refractivity contribution < 1.29 is 4.42 Å². The fourth-order valence-electron chi connectivity index (χ4n) is 9.52. The molecule has 1 aliphatic rings. The minimum absolute atomic E-state index is 0.259. The van der Waals surface area contributed by atoms with E-state index in [1.54, 1.807) is 0 Å². The van der Waals surface area contributed by atoms with E-state index in [0.29, 0.717) is 17.6 Å². The van der Waals surface area contributed by atoms with Crippen LogP contribution in [0.1, 0.15) is 25.0 Å². The number of fused-ring (bicyclic) bond motifs is 10. The third kappa shape index (κ3) is 5.08. The van der Waals surface area contributed by atoms with Crippen LogP contribution in [0.15, 0.2) is 186 Å². The Morgan fingerprint density at radius 2 is 1.07 bits per heavy atom. The molecule has 8 aromatic carbocycles. The predicted octanol–water partition coefficient (Wildman–Crippen LogP) is 13.8. The van der Waals surface area contributed by atoms with Gasteiger partial charge in [0.1, 0.15) is 11.2 Å². The lowest BCUT2D eigenvalue weighted by molar-refractivity contribution is 0.663. The molecule has 0 saturated carbocycles. The second kappa shape index (κ2) is 12.7. The summed E-state index contributed by atoms with van der Waals surface area (Å²) in [5, 5.41) is 4.34. The summed E-state index contributed by atoms with van der Waals surface area (Å²) in [7, 11) is 0. The lowest BCUT2D eigenvalue weighted by Crippen LogP contribution is -2.17. The zero-order valence-electron chi connectivity index (χ0n) is 32.5. The molecular weight excluding hydrogens is 721 g/mol. The highest BCUT2D eigenvalue weighted by Gasteiger charge is 2.38. The van der Waals surface area contributed by atoms with Crippen LogP contribution < -0.4 is 0 Å². The van der Waals surface area contributed by atoms with Crippen molar-refractivity contribution in [3.63, 3.8) is 0 Å². The summed E-state index contributed by atoms with van der Waals surface area (Å²) in [4.78, 5) is 16.1. The zero-order chi connectivity index (χ0) is 39.2. The molecule has 3 aromatic heterocycles. The van der Waals surface area contributed by atoms with Gasteiger partial charge in [0, 0.05) is 38.1 Å². The van der Waals surface area contributed by atoms with E-state index in [1.165, 1.54) is 38.8 Å². The molecule has 0 bridgehead atoms. The van der Waals surface area contributed by atoms with Crippen molar-refractivity contribution in [2.75, 3.05) is 0 Å². The lowest BCUT2D eigenvalue weighted by Gasteiger charge is -2.23. The predicted molar refractivity (Wildman–Crippen MR) is 241 cm³/mol. The summed E-state index contributed by atoms with van der Waals surface area (Å²) < 4.78 is 8.65. The maximum Gasteiger partial charge on any atom is 0.238 e.